The molecule has 2 heterocycles. The van der Waals surface area contributed by atoms with Gasteiger partial charge in [0.1, 0.15) is 0 Å². The van der Waals surface area contributed by atoms with Gasteiger partial charge in [0.25, 0.3) is 0 Å². The lowest BCUT2D eigenvalue weighted by molar-refractivity contribution is 0.149. The summed E-state index contributed by atoms with van der Waals surface area (Å²) in [4.78, 5) is 6.92. The maximum atomic E-state index is 4.29. The van der Waals surface area contributed by atoms with Crippen LogP contribution in [-0.2, 0) is 0 Å². The molecule has 0 saturated carbocycles. The third-order valence-electron chi connectivity index (χ3n) is 3.43. The van der Waals surface area contributed by atoms with E-state index >= 15 is 0 Å². The molecule has 0 spiro atoms. The molecule has 0 aromatic carbocycles. The number of piperidine rings is 1. The summed E-state index contributed by atoms with van der Waals surface area (Å²) in [7, 11) is 0. The molecule has 2 nitrogen and oxygen atoms in total. The Hall–Kier alpha value is -0.890. The average Bonchev–Trinajstić information content (AvgIpc) is 2.30. The first-order chi connectivity index (χ1) is 7.81. The second-order valence-corrected chi connectivity index (χ2v) is 4.78. The van der Waals surface area contributed by atoms with E-state index in [0.29, 0.717) is 6.04 Å². The summed E-state index contributed by atoms with van der Waals surface area (Å²) >= 11 is 0. The van der Waals surface area contributed by atoms with Crippen molar-refractivity contribution in [1.29, 1.82) is 0 Å². The van der Waals surface area contributed by atoms with Gasteiger partial charge < -0.3 is 0 Å². The Labute approximate surface area is 98.7 Å². The van der Waals surface area contributed by atoms with Crippen molar-refractivity contribution in [1.82, 2.24) is 9.88 Å². The fraction of sp³-hybridized carbons (Fsp3) is 0.643. The Morgan fingerprint density at radius 2 is 2.31 bits per heavy atom. The number of aryl methyl sites for hydroxylation is 1. The smallest absolute Gasteiger partial charge is 0.0375 e. The molecule has 1 unspecified atom stereocenters. The van der Waals surface area contributed by atoms with E-state index in [9.17, 15) is 0 Å². The van der Waals surface area contributed by atoms with Gasteiger partial charge in [0.2, 0.25) is 0 Å². The highest BCUT2D eigenvalue weighted by Crippen LogP contribution is 2.30. The quantitative estimate of drug-likeness (QED) is 0.773. The van der Waals surface area contributed by atoms with Crippen LogP contribution in [0.4, 0.5) is 0 Å². The monoisotopic (exact) mass is 218 g/mol. The molecule has 2 rings (SSSR count). The standard InChI is InChI=1S/C14H22N2/c1-3-9-16-10-5-4-6-14(16)13-7-8-15-12(2)11-13/h7-8,11,14H,3-6,9-10H2,1-2H3. The van der Waals surface area contributed by atoms with E-state index in [2.05, 4.69) is 35.9 Å². The van der Waals surface area contributed by atoms with E-state index < -0.39 is 0 Å². The zero-order valence-corrected chi connectivity index (χ0v) is 10.4. The number of aromatic nitrogens is 1. The molecule has 2 heteroatoms. The van der Waals surface area contributed by atoms with E-state index in [-0.39, 0.29) is 0 Å². The molecular formula is C14H22N2. The number of hydrogen-bond acceptors (Lipinski definition) is 2. The normalized spacial score (nSPS) is 22.2. The summed E-state index contributed by atoms with van der Waals surface area (Å²) in [6.07, 6.45) is 7.24. The molecule has 1 saturated heterocycles. The summed E-state index contributed by atoms with van der Waals surface area (Å²) in [5.41, 5.74) is 2.60. The Bertz CT molecular complexity index is 333. The predicted octanol–water partition coefficient (Wildman–Crippen LogP) is 3.33. The summed E-state index contributed by atoms with van der Waals surface area (Å²) in [6.45, 7) is 6.84. The average molecular weight is 218 g/mol. The highest BCUT2D eigenvalue weighted by Gasteiger charge is 2.22. The van der Waals surface area contributed by atoms with Gasteiger partial charge >= 0.3 is 0 Å². The molecular weight excluding hydrogens is 196 g/mol. The van der Waals surface area contributed by atoms with Gasteiger partial charge in [0, 0.05) is 17.9 Å². The summed E-state index contributed by atoms with van der Waals surface area (Å²) in [5, 5.41) is 0. The number of rotatable bonds is 3. The summed E-state index contributed by atoms with van der Waals surface area (Å²) in [5.74, 6) is 0. The Kier molecular flexibility index (Phi) is 3.94. The fourth-order valence-corrected chi connectivity index (χ4v) is 2.70. The number of nitrogens with zero attached hydrogens (tertiary/aromatic N) is 2. The fourth-order valence-electron chi connectivity index (χ4n) is 2.70. The van der Waals surface area contributed by atoms with Crippen LogP contribution in [0.2, 0.25) is 0 Å². The number of likely N-dealkylation sites (tertiary alicyclic amines) is 1. The van der Waals surface area contributed by atoms with Gasteiger partial charge in [-0.05, 0) is 57.0 Å². The molecule has 16 heavy (non-hydrogen) atoms. The van der Waals surface area contributed by atoms with Crippen molar-refractivity contribution in [3.8, 4) is 0 Å². The van der Waals surface area contributed by atoms with Crippen LogP contribution in [0.1, 0.15) is 49.9 Å². The van der Waals surface area contributed by atoms with Crippen molar-refractivity contribution >= 4 is 0 Å². The van der Waals surface area contributed by atoms with Crippen LogP contribution in [0.5, 0.6) is 0 Å². The first-order valence-corrected chi connectivity index (χ1v) is 6.48. The third kappa shape index (κ3) is 2.62. The SMILES string of the molecule is CCCN1CCCCC1c1ccnc(C)c1. The van der Waals surface area contributed by atoms with E-state index in [4.69, 9.17) is 0 Å². The Morgan fingerprint density at radius 3 is 3.06 bits per heavy atom. The van der Waals surface area contributed by atoms with Crippen molar-refractivity contribution in [2.75, 3.05) is 13.1 Å². The van der Waals surface area contributed by atoms with E-state index in [1.54, 1.807) is 0 Å². The first kappa shape index (κ1) is 11.6. The number of hydrogen-bond donors (Lipinski definition) is 0. The largest absolute Gasteiger partial charge is 0.296 e. The van der Waals surface area contributed by atoms with E-state index in [0.717, 1.165) is 5.69 Å². The maximum Gasteiger partial charge on any atom is 0.0375 e. The van der Waals surface area contributed by atoms with Gasteiger partial charge in [0.15, 0.2) is 0 Å². The van der Waals surface area contributed by atoms with Gasteiger partial charge in [-0.2, -0.15) is 0 Å². The van der Waals surface area contributed by atoms with Crippen LogP contribution in [0, 0.1) is 6.92 Å². The van der Waals surface area contributed by atoms with Crippen LogP contribution in [0.15, 0.2) is 18.3 Å². The minimum atomic E-state index is 0.635. The Balaban J connectivity index is 2.16. The first-order valence-electron chi connectivity index (χ1n) is 6.48. The topological polar surface area (TPSA) is 16.1 Å². The molecule has 1 aromatic heterocycles. The van der Waals surface area contributed by atoms with Crippen molar-refractivity contribution in [3.63, 3.8) is 0 Å². The lowest BCUT2D eigenvalue weighted by atomic mass is 9.95. The molecule has 1 aliphatic rings. The zero-order chi connectivity index (χ0) is 11.4. The van der Waals surface area contributed by atoms with Crippen molar-refractivity contribution in [2.24, 2.45) is 0 Å². The molecule has 0 bridgehead atoms. The lowest BCUT2D eigenvalue weighted by Gasteiger charge is -2.35. The van der Waals surface area contributed by atoms with Crippen LogP contribution in [0.3, 0.4) is 0 Å². The van der Waals surface area contributed by atoms with Crippen molar-refractivity contribution in [3.05, 3.63) is 29.6 Å². The van der Waals surface area contributed by atoms with Crippen LogP contribution < -0.4 is 0 Å². The molecule has 0 aliphatic carbocycles. The van der Waals surface area contributed by atoms with Gasteiger partial charge in [-0.15, -0.1) is 0 Å². The summed E-state index contributed by atoms with van der Waals surface area (Å²) < 4.78 is 0. The molecule has 0 radical (unpaired) electrons. The molecule has 1 fully saturated rings. The van der Waals surface area contributed by atoms with Gasteiger partial charge in [0.05, 0.1) is 0 Å². The highest BCUT2D eigenvalue weighted by atomic mass is 15.2. The predicted molar refractivity (Wildman–Crippen MR) is 67.4 cm³/mol. The van der Waals surface area contributed by atoms with Gasteiger partial charge in [-0.25, -0.2) is 0 Å². The minimum absolute atomic E-state index is 0.635. The summed E-state index contributed by atoms with van der Waals surface area (Å²) in [6, 6.07) is 5.07. The van der Waals surface area contributed by atoms with E-state index in [1.165, 1.54) is 44.3 Å². The Morgan fingerprint density at radius 1 is 1.44 bits per heavy atom. The zero-order valence-electron chi connectivity index (χ0n) is 10.4. The van der Waals surface area contributed by atoms with Crippen molar-refractivity contribution < 1.29 is 0 Å². The minimum Gasteiger partial charge on any atom is -0.296 e. The second kappa shape index (κ2) is 5.44. The molecule has 88 valence electrons. The van der Waals surface area contributed by atoms with Crippen LogP contribution >= 0.6 is 0 Å². The molecule has 0 N–H and O–H groups in total. The van der Waals surface area contributed by atoms with Gasteiger partial charge in [-0.1, -0.05) is 13.3 Å². The second-order valence-electron chi connectivity index (χ2n) is 4.78. The molecule has 0 amide bonds. The number of pyridine rings is 1. The third-order valence-corrected chi connectivity index (χ3v) is 3.43. The van der Waals surface area contributed by atoms with Crippen LogP contribution in [0.25, 0.3) is 0 Å². The lowest BCUT2D eigenvalue weighted by Crippen LogP contribution is -2.34. The molecule has 1 atom stereocenters. The van der Waals surface area contributed by atoms with E-state index in [1.807, 2.05) is 6.20 Å². The maximum absolute atomic E-state index is 4.29. The molecule has 1 aliphatic heterocycles. The highest BCUT2D eigenvalue weighted by molar-refractivity contribution is 5.20. The van der Waals surface area contributed by atoms with Crippen molar-refractivity contribution in [2.45, 2.75) is 45.6 Å². The van der Waals surface area contributed by atoms with Crippen LogP contribution in [-0.4, -0.2) is 23.0 Å². The molecule has 1 aromatic rings. The van der Waals surface area contributed by atoms with Gasteiger partial charge in [-0.3, -0.25) is 9.88 Å².